The fourth-order valence-corrected chi connectivity index (χ4v) is 11.6. The highest BCUT2D eigenvalue weighted by atomic mass is 32.2. The van der Waals surface area contributed by atoms with Crippen molar-refractivity contribution in [3.8, 4) is 22.3 Å². The van der Waals surface area contributed by atoms with Crippen LogP contribution in [0.4, 0.5) is 0 Å². The summed E-state index contributed by atoms with van der Waals surface area (Å²) in [4.78, 5) is 1.43. The van der Waals surface area contributed by atoms with Gasteiger partial charge in [-0.05, 0) is 149 Å². The van der Waals surface area contributed by atoms with Crippen molar-refractivity contribution in [3.05, 3.63) is 171 Å². The van der Waals surface area contributed by atoms with E-state index in [1.54, 1.807) is 11.1 Å². The Balaban J connectivity index is 1.16. The van der Waals surface area contributed by atoms with Gasteiger partial charge in [0.05, 0.1) is 0 Å². The first-order valence-corrected chi connectivity index (χ1v) is 19.9. The van der Waals surface area contributed by atoms with Crippen LogP contribution in [0.15, 0.2) is 126 Å². The highest BCUT2D eigenvalue weighted by molar-refractivity contribution is 8.00. The molecule has 1 aliphatic heterocycles. The Hall–Kier alpha value is -5.11. The molecule has 0 aromatic heterocycles. The van der Waals surface area contributed by atoms with E-state index in [1.165, 1.54) is 92.9 Å². The highest BCUT2D eigenvalue weighted by Gasteiger charge is 2.42. The molecule has 5 aliphatic rings. The second kappa shape index (κ2) is 11.4. The van der Waals surface area contributed by atoms with Crippen molar-refractivity contribution in [3.63, 3.8) is 0 Å². The number of hydrogen-bond acceptors (Lipinski definition) is 1. The Morgan fingerprint density at radius 2 is 1.31 bits per heavy atom. The van der Waals surface area contributed by atoms with Gasteiger partial charge in [-0.1, -0.05) is 135 Å². The number of benzene rings is 6. The summed E-state index contributed by atoms with van der Waals surface area (Å²) < 4.78 is 0. The molecule has 1 atom stereocenters. The molecule has 0 radical (unpaired) electrons. The third kappa shape index (κ3) is 4.36. The number of fused-ring (bicyclic) bond motifs is 10. The van der Waals surface area contributed by atoms with Crippen LogP contribution in [0.5, 0.6) is 0 Å². The zero-order chi connectivity index (χ0) is 34.6. The van der Waals surface area contributed by atoms with E-state index in [0.29, 0.717) is 5.25 Å². The van der Waals surface area contributed by atoms with Gasteiger partial charge in [-0.25, -0.2) is 0 Å². The van der Waals surface area contributed by atoms with Crippen molar-refractivity contribution in [1.82, 2.24) is 0 Å². The van der Waals surface area contributed by atoms with E-state index in [0.717, 1.165) is 32.1 Å². The standard InChI is InChI=1S/C51H40S/c1-51(2)45-25-12-10-19-34(45)43-28-40(41-29-42-35-20-11-13-26-46(35)52-47(42)30-44(41)50(43)51)32-17-14-18-33(27-32)49-38-23-8-6-21-36(38)48(31-15-4-3-5-16-31)37-22-7-9-24-39(37)49/h3-6,8,10-13,15-17,19-29,47H,7,9,14,18,30H2,1-2H3. The van der Waals surface area contributed by atoms with Gasteiger partial charge in [0.2, 0.25) is 0 Å². The molecule has 52 heavy (non-hydrogen) atoms. The summed E-state index contributed by atoms with van der Waals surface area (Å²) in [6, 6.07) is 41.0. The predicted octanol–water partition coefficient (Wildman–Crippen LogP) is 12.0. The van der Waals surface area contributed by atoms with Gasteiger partial charge in [0.1, 0.15) is 0 Å². The van der Waals surface area contributed by atoms with Crippen LogP contribution in [0.2, 0.25) is 0 Å². The molecule has 250 valence electrons. The first-order chi connectivity index (χ1) is 25.6. The Kier molecular flexibility index (Phi) is 6.71. The minimum atomic E-state index is -0.0389. The molecule has 0 saturated carbocycles. The molecule has 6 aromatic rings. The lowest BCUT2D eigenvalue weighted by molar-refractivity contribution is 0.650. The normalized spacial score (nSPS) is 18.7. The van der Waals surface area contributed by atoms with Crippen molar-refractivity contribution in [1.29, 1.82) is 0 Å². The SMILES string of the molecule is CC1(C)c2ccccc2-c2cc(C3=CCCC(c4c5c(c(-c6ccccc6)c6ccccc46)=CCCC=5)=C3)c3c(c21)CC1Sc2ccccc2C1=C3. The number of allylic oxidation sites excluding steroid dienone is 4. The minimum Gasteiger partial charge on any atom is -0.117 e. The summed E-state index contributed by atoms with van der Waals surface area (Å²) in [5.74, 6) is 0. The largest absolute Gasteiger partial charge is 0.117 e. The van der Waals surface area contributed by atoms with Crippen molar-refractivity contribution in [2.75, 3.05) is 0 Å². The molecular formula is C51H40S. The van der Waals surface area contributed by atoms with E-state index in [-0.39, 0.29) is 5.41 Å². The smallest absolute Gasteiger partial charge is 0.0391 e. The van der Waals surface area contributed by atoms with E-state index >= 15 is 0 Å². The van der Waals surface area contributed by atoms with Gasteiger partial charge in [0, 0.05) is 15.6 Å². The molecule has 1 unspecified atom stereocenters. The van der Waals surface area contributed by atoms with Crippen LogP contribution in [-0.2, 0) is 11.8 Å². The van der Waals surface area contributed by atoms with Gasteiger partial charge >= 0.3 is 0 Å². The third-order valence-electron chi connectivity index (χ3n) is 12.5. The summed E-state index contributed by atoms with van der Waals surface area (Å²) in [7, 11) is 0. The number of rotatable bonds is 3. The molecule has 1 heterocycles. The van der Waals surface area contributed by atoms with Crippen molar-refractivity contribution in [2.45, 2.75) is 61.5 Å². The van der Waals surface area contributed by atoms with Gasteiger partial charge < -0.3 is 0 Å². The van der Waals surface area contributed by atoms with Crippen molar-refractivity contribution in [2.24, 2.45) is 0 Å². The van der Waals surface area contributed by atoms with Crippen molar-refractivity contribution >= 4 is 57.5 Å². The van der Waals surface area contributed by atoms with Crippen LogP contribution >= 0.6 is 11.8 Å². The zero-order valence-corrected chi connectivity index (χ0v) is 30.6. The van der Waals surface area contributed by atoms with Gasteiger partial charge in [-0.2, -0.15) is 0 Å². The van der Waals surface area contributed by atoms with Crippen LogP contribution in [0.25, 0.3) is 68.0 Å². The van der Waals surface area contributed by atoms with Gasteiger partial charge in [0.25, 0.3) is 0 Å². The lowest BCUT2D eigenvalue weighted by atomic mass is 9.73. The number of thioether (sulfide) groups is 1. The molecule has 6 aromatic carbocycles. The van der Waals surface area contributed by atoms with E-state index < -0.39 is 0 Å². The molecule has 0 fully saturated rings. The van der Waals surface area contributed by atoms with E-state index in [9.17, 15) is 0 Å². The third-order valence-corrected chi connectivity index (χ3v) is 13.8. The van der Waals surface area contributed by atoms with Crippen LogP contribution in [0, 0.1) is 0 Å². The van der Waals surface area contributed by atoms with Crippen LogP contribution in [0.1, 0.15) is 78.5 Å². The molecule has 1 heteroatoms. The summed E-state index contributed by atoms with van der Waals surface area (Å²) in [6.07, 6.45) is 18.1. The second-order valence-corrected chi connectivity index (χ2v) is 16.9. The average molecular weight is 685 g/mol. The zero-order valence-electron chi connectivity index (χ0n) is 29.8. The summed E-state index contributed by atoms with van der Waals surface area (Å²) in [6.45, 7) is 4.90. The monoisotopic (exact) mass is 684 g/mol. The van der Waals surface area contributed by atoms with E-state index in [1.807, 2.05) is 0 Å². The molecule has 0 amide bonds. The van der Waals surface area contributed by atoms with E-state index in [4.69, 9.17) is 0 Å². The first-order valence-electron chi connectivity index (χ1n) is 19.1. The van der Waals surface area contributed by atoms with E-state index in [2.05, 4.69) is 165 Å². The summed E-state index contributed by atoms with van der Waals surface area (Å²) in [5.41, 5.74) is 20.1. The average Bonchev–Trinajstić information content (AvgIpc) is 3.67. The number of hydrogen-bond donors (Lipinski definition) is 0. The molecule has 0 saturated heterocycles. The van der Waals surface area contributed by atoms with Gasteiger partial charge in [-0.3, -0.25) is 0 Å². The van der Waals surface area contributed by atoms with Crippen LogP contribution in [-0.4, -0.2) is 5.25 Å². The van der Waals surface area contributed by atoms with Crippen LogP contribution < -0.4 is 10.4 Å². The second-order valence-electron chi connectivity index (χ2n) is 15.7. The predicted molar refractivity (Wildman–Crippen MR) is 224 cm³/mol. The highest BCUT2D eigenvalue weighted by Crippen LogP contribution is 2.57. The fourth-order valence-electron chi connectivity index (χ4n) is 10.3. The molecule has 0 spiro atoms. The lowest BCUT2D eigenvalue weighted by Gasteiger charge is -2.31. The van der Waals surface area contributed by atoms with Gasteiger partial charge in [0.15, 0.2) is 0 Å². The van der Waals surface area contributed by atoms with Crippen LogP contribution in [0.3, 0.4) is 0 Å². The van der Waals surface area contributed by atoms with Crippen molar-refractivity contribution < 1.29 is 0 Å². The molecule has 0 nitrogen and oxygen atoms in total. The Morgan fingerprint density at radius 3 is 2.13 bits per heavy atom. The first kappa shape index (κ1) is 30.5. The molecule has 0 N–H and O–H groups in total. The molecule has 11 rings (SSSR count). The Labute approximate surface area is 310 Å². The fraction of sp³-hybridized carbons (Fsp3) is 0.176. The summed E-state index contributed by atoms with van der Waals surface area (Å²) >= 11 is 2.06. The van der Waals surface area contributed by atoms with Gasteiger partial charge in [-0.15, -0.1) is 11.8 Å². The molecular weight excluding hydrogens is 645 g/mol. The summed E-state index contributed by atoms with van der Waals surface area (Å²) in [5, 5.41) is 6.02. The minimum absolute atomic E-state index is 0.0389. The Morgan fingerprint density at radius 1 is 0.615 bits per heavy atom. The molecule has 4 aliphatic carbocycles. The quantitative estimate of drug-likeness (QED) is 0.179. The maximum absolute atomic E-state index is 2.59. The maximum Gasteiger partial charge on any atom is 0.0391 e. The maximum atomic E-state index is 2.59. The lowest BCUT2D eigenvalue weighted by Crippen LogP contribution is -2.33. The Bertz CT molecular complexity index is 2750. The topological polar surface area (TPSA) is 0 Å². The molecule has 0 bridgehead atoms.